The van der Waals surface area contributed by atoms with Crippen molar-refractivity contribution < 1.29 is 34.2 Å². The lowest BCUT2D eigenvalue weighted by Crippen LogP contribution is -3.05. The fraction of sp³-hybridized carbons (Fsp3) is 1.00. The van der Waals surface area contributed by atoms with Gasteiger partial charge in [-0.2, -0.15) is 0 Å². The van der Waals surface area contributed by atoms with E-state index in [0.717, 1.165) is 0 Å². The second kappa shape index (κ2) is 55.5. The Bertz CT molecular complexity index is 640. The van der Waals surface area contributed by atoms with E-state index in [0.29, 0.717) is 0 Å². The van der Waals surface area contributed by atoms with Crippen molar-refractivity contribution in [2.45, 2.75) is 290 Å². The van der Waals surface area contributed by atoms with E-state index in [2.05, 4.69) is 49.0 Å². The van der Waals surface area contributed by atoms with E-state index in [9.17, 15) is 0 Å². The summed E-state index contributed by atoms with van der Waals surface area (Å²) < 4.78 is 1.25. The molecule has 0 aromatic rings. The third kappa shape index (κ3) is 61.2. The summed E-state index contributed by atoms with van der Waals surface area (Å²) in [7, 11) is 9.42. The Balaban J connectivity index is -0.000000510. The molecule has 0 atom stereocenters. The Kier molecular flexibility index (Phi) is 62.6. The topological polar surface area (TPSA) is 4.44 Å². The smallest absolute Gasteiger partial charge is 0.0782 e. The highest BCUT2D eigenvalue weighted by atomic mass is 35.5. The first-order valence-corrected chi connectivity index (χ1v) is 26.0. The molecule has 0 bridgehead atoms. The minimum Gasteiger partial charge on any atom is -1.00 e. The maximum absolute atomic E-state index is 2.46. The van der Waals surface area contributed by atoms with Gasteiger partial charge in [-0.05, 0) is 38.5 Å². The molecular weight excluding hydrogens is 723 g/mol. The third-order valence-electron chi connectivity index (χ3n) is 12.3. The second-order valence-corrected chi connectivity index (χ2v) is 19.1. The lowest BCUT2D eigenvalue weighted by atomic mass is 10.0. The Morgan fingerprint density at radius 3 is 0.589 bits per heavy atom. The van der Waals surface area contributed by atoms with Crippen LogP contribution in [0.25, 0.3) is 0 Å². The third-order valence-corrected chi connectivity index (χ3v) is 12.3. The average molecular weight is 836 g/mol. The van der Waals surface area contributed by atoms with E-state index in [-0.39, 0.29) is 24.8 Å². The van der Waals surface area contributed by atoms with Crippen LogP contribution < -0.4 is 29.7 Å². The normalized spacial score (nSPS) is 11.4. The Morgan fingerprint density at radius 2 is 0.411 bits per heavy atom. The fourth-order valence-electron chi connectivity index (χ4n) is 8.25. The average Bonchev–Trinajstić information content (AvgIpc) is 3.15. The lowest BCUT2D eigenvalue weighted by Gasteiger charge is -2.30. The molecule has 0 aliphatic carbocycles. The van der Waals surface area contributed by atoms with Crippen molar-refractivity contribution in [1.82, 2.24) is 0 Å². The molecule has 0 aliphatic rings. The summed E-state index contributed by atoms with van der Waals surface area (Å²) in [6.45, 7) is 11.0. The minimum absolute atomic E-state index is 0. The van der Waals surface area contributed by atoms with Crippen LogP contribution in [0.1, 0.15) is 290 Å². The molecular formula is C52H112Cl2N2. The number of quaternary nitrogens is 2. The van der Waals surface area contributed by atoms with Crippen LogP contribution in [-0.4, -0.2) is 52.3 Å². The van der Waals surface area contributed by atoms with Crippen molar-refractivity contribution in [3.05, 3.63) is 0 Å². The summed E-state index contributed by atoms with van der Waals surface area (Å²) in [5.74, 6) is 0. The van der Waals surface area contributed by atoms with E-state index in [1.54, 1.807) is 4.90 Å². The number of unbranched alkanes of at least 4 members (excludes halogenated alkanes) is 39. The molecule has 4 heteroatoms. The SMILES string of the molecule is CCCCCCCCCCCCCCCCCC[N+](C)(C)CCCCCCCCCCCC.CCCCCCCCCCCCCCCCCC[NH+](C)C.[Cl-].[Cl-]. The molecule has 0 aromatic heterocycles. The molecule has 0 unspecified atom stereocenters. The van der Waals surface area contributed by atoms with E-state index >= 15 is 0 Å². The highest BCUT2D eigenvalue weighted by Gasteiger charge is 2.13. The van der Waals surface area contributed by atoms with Crippen molar-refractivity contribution in [2.24, 2.45) is 0 Å². The summed E-state index contributed by atoms with van der Waals surface area (Å²) in [5.41, 5.74) is 0. The van der Waals surface area contributed by atoms with Crippen LogP contribution in [0.3, 0.4) is 0 Å². The van der Waals surface area contributed by atoms with Gasteiger partial charge in [-0.3, -0.25) is 0 Å². The van der Waals surface area contributed by atoms with Gasteiger partial charge in [0, 0.05) is 0 Å². The van der Waals surface area contributed by atoms with E-state index < -0.39 is 0 Å². The number of halogens is 2. The highest BCUT2D eigenvalue weighted by molar-refractivity contribution is 4.52. The monoisotopic (exact) mass is 835 g/mol. The van der Waals surface area contributed by atoms with Crippen molar-refractivity contribution in [1.29, 1.82) is 0 Å². The predicted octanol–water partition coefficient (Wildman–Crippen LogP) is 10.6. The molecule has 0 saturated carbocycles. The zero-order valence-corrected chi connectivity index (χ0v) is 42.0. The summed E-state index contributed by atoms with van der Waals surface area (Å²) in [4.78, 5) is 1.60. The molecule has 0 radical (unpaired) electrons. The first-order valence-electron chi connectivity index (χ1n) is 26.0. The molecule has 0 aromatic carbocycles. The molecule has 0 spiro atoms. The van der Waals surface area contributed by atoms with Crippen LogP contribution in [0, 0.1) is 0 Å². The molecule has 0 aliphatic heterocycles. The molecule has 0 heterocycles. The second-order valence-electron chi connectivity index (χ2n) is 19.1. The zero-order valence-electron chi connectivity index (χ0n) is 40.5. The van der Waals surface area contributed by atoms with Crippen LogP contribution in [0.2, 0.25) is 0 Å². The van der Waals surface area contributed by atoms with Crippen LogP contribution in [0.4, 0.5) is 0 Å². The Morgan fingerprint density at radius 1 is 0.250 bits per heavy atom. The Labute approximate surface area is 370 Å². The van der Waals surface area contributed by atoms with Gasteiger partial charge in [0.2, 0.25) is 0 Å². The van der Waals surface area contributed by atoms with Gasteiger partial charge < -0.3 is 34.2 Å². The van der Waals surface area contributed by atoms with Crippen LogP contribution in [0.5, 0.6) is 0 Å². The molecule has 0 rings (SSSR count). The van der Waals surface area contributed by atoms with Gasteiger partial charge in [-0.1, -0.05) is 252 Å². The fourth-order valence-corrected chi connectivity index (χ4v) is 8.25. The zero-order chi connectivity index (χ0) is 39.9. The standard InChI is InChI=1S/C32H68N.C20H43N.2ClH/c1-5-7-9-11-13-15-17-18-19-20-21-22-24-26-28-30-32-33(3,4)31-29-27-25-23-16-14-12-10-8-6-2;1-4-5-6-7-8-9-10-11-12-13-14-15-16-17-18-19-20-21(2)3;;/h5-32H2,1-4H3;4-20H2,1-3H3;2*1H/q+1;;;/p-1. The summed E-state index contributed by atoms with van der Waals surface area (Å²) in [6.07, 6.45) is 61.4. The van der Waals surface area contributed by atoms with Crippen molar-refractivity contribution in [3.8, 4) is 0 Å². The molecule has 344 valence electrons. The van der Waals surface area contributed by atoms with E-state index in [4.69, 9.17) is 0 Å². The summed E-state index contributed by atoms with van der Waals surface area (Å²) in [6, 6.07) is 0. The van der Waals surface area contributed by atoms with Gasteiger partial charge >= 0.3 is 0 Å². The minimum atomic E-state index is 0. The van der Waals surface area contributed by atoms with Crippen LogP contribution in [0.15, 0.2) is 0 Å². The first kappa shape index (κ1) is 63.1. The summed E-state index contributed by atoms with van der Waals surface area (Å²) in [5, 5.41) is 0. The van der Waals surface area contributed by atoms with Gasteiger partial charge in [0.1, 0.15) is 0 Å². The van der Waals surface area contributed by atoms with Gasteiger partial charge in [0.25, 0.3) is 0 Å². The first-order chi connectivity index (χ1) is 26.4. The molecule has 1 N–H and O–H groups in total. The quantitative estimate of drug-likeness (QED) is 0.0461. The number of nitrogens with one attached hydrogen (secondary N) is 1. The summed E-state index contributed by atoms with van der Waals surface area (Å²) >= 11 is 0. The van der Waals surface area contributed by atoms with Gasteiger partial charge in [-0.15, -0.1) is 0 Å². The van der Waals surface area contributed by atoms with Crippen LogP contribution >= 0.6 is 0 Å². The van der Waals surface area contributed by atoms with Gasteiger partial charge in [-0.25, -0.2) is 0 Å². The number of hydrogen-bond donors (Lipinski definition) is 1. The number of hydrogen-bond acceptors (Lipinski definition) is 0. The number of rotatable bonds is 45. The maximum atomic E-state index is 2.46. The van der Waals surface area contributed by atoms with Gasteiger partial charge in [0.15, 0.2) is 0 Å². The van der Waals surface area contributed by atoms with Crippen molar-refractivity contribution >= 4 is 0 Å². The van der Waals surface area contributed by atoms with E-state index in [1.807, 2.05) is 0 Å². The molecule has 0 fully saturated rings. The van der Waals surface area contributed by atoms with Crippen molar-refractivity contribution in [3.63, 3.8) is 0 Å². The number of nitrogens with zero attached hydrogens (tertiary/aromatic N) is 1. The van der Waals surface area contributed by atoms with E-state index in [1.165, 1.54) is 294 Å². The lowest BCUT2D eigenvalue weighted by molar-refractivity contribution is -0.890. The van der Waals surface area contributed by atoms with Crippen molar-refractivity contribution in [2.75, 3.05) is 47.8 Å². The Hall–Kier alpha value is 0.500. The predicted molar refractivity (Wildman–Crippen MR) is 250 cm³/mol. The largest absolute Gasteiger partial charge is 1.00 e. The molecule has 56 heavy (non-hydrogen) atoms. The maximum Gasteiger partial charge on any atom is 0.0782 e. The molecule has 0 saturated heterocycles. The molecule has 2 nitrogen and oxygen atoms in total. The van der Waals surface area contributed by atoms with Gasteiger partial charge in [0.05, 0.1) is 47.8 Å². The van der Waals surface area contributed by atoms with Crippen LogP contribution in [-0.2, 0) is 0 Å². The highest BCUT2D eigenvalue weighted by Crippen LogP contribution is 2.16. The molecule has 0 amide bonds.